The van der Waals surface area contributed by atoms with Gasteiger partial charge in [0.2, 0.25) is 0 Å². The highest BCUT2D eigenvalue weighted by atomic mass is 16.5. The third-order valence-corrected chi connectivity index (χ3v) is 1.18. The molecule has 0 saturated carbocycles. The lowest BCUT2D eigenvalue weighted by Crippen LogP contribution is -1.77. The van der Waals surface area contributed by atoms with E-state index in [1.165, 1.54) is 6.26 Å². The van der Waals surface area contributed by atoms with Crippen LogP contribution in [0.5, 0.6) is 0 Å². The first-order chi connectivity index (χ1) is 4.97. The van der Waals surface area contributed by atoms with Crippen molar-refractivity contribution in [2.45, 2.75) is 0 Å². The van der Waals surface area contributed by atoms with E-state index in [4.69, 9.17) is 0 Å². The van der Waals surface area contributed by atoms with Crippen molar-refractivity contribution < 1.29 is 4.52 Å². The van der Waals surface area contributed by atoms with Gasteiger partial charge in [0.15, 0.2) is 5.82 Å². The van der Waals surface area contributed by atoms with Crippen molar-refractivity contribution in [1.29, 1.82) is 0 Å². The SMILES string of the molecule is c1c[nH]c(-c2ccon2)n1. The number of hydrogen-bond acceptors (Lipinski definition) is 3. The molecular formula is C6H5N3O. The lowest BCUT2D eigenvalue weighted by molar-refractivity contribution is 0.422. The Hall–Kier alpha value is -1.58. The molecule has 0 aliphatic heterocycles. The van der Waals surface area contributed by atoms with E-state index in [0.29, 0.717) is 0 Å². The maximum atomic E-state index is 4.63. The van der Waals surface area contributed by atoms with Gasteiger partial charge in [-0.25, -0.2) is 4.98 Å². The summed E-state index contributed by atoms with van der Waals surface area (Å²) in [6.45, 7) is 0. The Balaban J connectivity index is 2.48. The molecule has 0 radical (unpaired) electrons. The lowest BCUT2D eigenvalue weighted by Gasteiger charge is -1.82. The minimum atomic E-state index is 0.727. The van der Waals surface area contributed by atoms with Gasteiger partial charge in [0.25, 0.3) is 0 Å². The second kappa shape index (κ2) is 1.98. The molecule has 2 heterocycles. The highest BCUT2D eigenvalue weighted by Crippen LogP contribution is 2.08. The van der Waals surface area contributed by atoms with Gasteiger partial charge >= 0.3 is 0 Å². The Morgan fingerprint density at radius 2 is 2.50 bits per heavy atom. The highest BCUT2D eigenvalue weighted by Gasteiger charge is 2.00. The Bertz CT molecular complexity index is 252. The predicted octanol–water partition coefficient (Wildman–Crippen LogP) is 1.06. The molecule has 0 aliphatic carbocycles. The fraction of sp³-hybridized carbons (Fsp3) is 0. The number of imidazole rings is 1. The zero-order valence-corrected chi connectivity index (χ0v) is 5.11. The summed E-state index contributed by atoms with van der Waals surface area (Å²) in [5, 5.41) is 3.69. The van der Waals surface area contributed by atoms with E-state index in [-0.39, 0.29) is 0 Å². The number of nitrogens with one attached hydrogen (secondary N) is 1. The maximum absolute atomic E-state index is 4.63. The van der Waals surface area contributed by atoms with E-state index in [1.54, 1.807) is 18.5 Å². The molecule has 50 valence electrons. The molecule has 0 saturated heterocycles. The monoisotopic (exact) mass is 135 g/mol. The molecule has 2 aromatic heterocycles. The molecule has 1 N–H and O–H groups in total. The van der Waals surface area contributed by atoms with Crippen molar-refractivity contribution >= 4 is 0 Å². The Labute approximate surface area is 56.9 Å². The van der Waals surface area contributed by atoms with E-state index in [2.05, 4.69) is 19.6 Å². The van der Waals surface area contributed by atoms with Crippen molar-refractivity contribution in [2.24, 2.45) is 0 Å². The fourth-order valence-electron chi connectivity index (χ4n) is 0.740. The summed E-state index contributed by atoms with van der Waals surface area (Å²) in [6.07, 6.45) is 4.92. The molecule has 0 amide bonds. The van der Waals surface area contributed by atoms with Gasteiger partial charge in [0.1, 0.15) is 12.0 Å². The van der Waals surface area contributed by atoms with E-state index >= 15 is 0 Å². The molecule has 2 aromatic rings. The second-order valence-corrected chi connectivity index (χ2v) is 1.82. The summed E-state index contributed by atoms with van der Waals surface area (Å²) in [6, 6.07) is 1.75. The normalized spacial score (nSPS) is 10.0. The van der Waals surface area contributed by atoms with Crippen molar-refractivity contribution in [2.75, 3.05) is 0 Å². The number of nitrogens with zero attached hydrogens (tertiary/aromatic N) is 2. The van der Waals surface area contributed by atoms with Crippen LogP contribution in [0.4, 0.5) is 0 Å². The summed E-state index contributed by atoms with van der Waals surface area (Å²) < 4.78 is 4.63. The topological polar surface area (TPSA) is 54.7 Å². The standard InChI is InChI=1S/C6H5N3O/c1-4-10-9-5(1)6-7-2-3-8-6/h1-4H,(H,7,8). The molecule has 2 rings (SSSR count). The van der Waals surface area contributed by atoms with E-state index in [0.717, 1.165) is 11.5 Å². The van der Waals surface area contributed by atoms with Crippen LogP contribution in [0, 0.1) is 0 Å². The number of rotatable bonds is 1. The van der Waals surface area contributed by atoms with Crippen LogP contribution >= 0.6 is 0 Å². The quantitative estimate of drug-likeness (QED) is 0.636. The number of H-pyrrole nitrogens is 1. The molecule has 4 nitrogen and oxygen atoms in total. The molecule has 0 aromatic carbocycles. The lowest BCUT2D eigenvalue weighted by atomic mass is 10.4. The third kappa shape index (κ3) is 0.699. The van der Waals surface area contributed by atoms with E-state index < -0.39 is 0 Å². The maximum Gasteiger partial charge on any atom is 0.159 e. The number of aromatic nitrogens is 3. The van der Waals surface area contributed by atoms with Crippen LogP contribution in [-0.4, -0.2) is 15.1 Å². The molecule has 0 bridgehead atoms. The first-order valence-corrected chi connectivity index (χ1v) is 2.87. The smallest absolute Gasteiger partial charge is 0.159 e. The van der Waals surface area contributed by atoms with Crippen molar-refractivity contribution in [3.8, 4) is 11.5 Å². The fourth-order valence-corrected chi connectivity index (χ4v) is 0.740. The summed E-state index contributed by atoms with van der Waals surface area (Å²) in [4.78, 5) is 6.89. The molecule has 10 heavy (non-hydrogen) atoms. The first-order valence-electron chi connectivity index (χ1n) is 2.87. The number of hydrogen-bond donors (Lipinski definition) is 1. The van der Waals surface area contributed by atoms with E-state index in [1.807, 2.05) is 0 Å². The summed E-state index contributed by atoms with van der Waals surface area (Å²) >= 11 is 0. The Morgan fingerprint density at radius 1 is 1.50 bits per heavy atom. The molecule has 0 unspecified atom stereocenters. The Morgan fingerprint density at radius 3 is 3.10 bits per heavy atom. The van der Waals surface area contributed by atoms with Crippen LogP contribution in [0.25, 0.3) is 11.5 Å². The molecule has 4 heteroatoms. The van der Waals surface area contributed by atoms with Gasteiger partial charge < -0.3 is 9.51 Å². The zero-order chi connectivity index (χ0) is 6.81. The van der Waals surface area contributed by atoms with Crippen LogP contribution in [0.1, 0.15) is 0 Å². The average molecular weight is 135 g/mol. The van der Waals surface area contributed by atoms with Crippen LogP contribution in [0.15, 0.2) is 29.2 Å². The van der Waals surface area contributed by atoms with Crippen LogP contribution in [-0.2, 0) is 0 Å². The number of aromatic amines is 1. The predicted molar refractivity (Wildman–Crippen MR) is 34.1 cm³/mol. The molecular weight excluding hydrogens is 130 g/mol. The van der Waals surface area contributed by atoms with Gasteiger partial charge in [0.05, 0.1) is 0 Å². The highest BCUT2D eigenvalue weighted by molar-refractivity contribution is 5.46. The first kappa shape index (κ1) is 5.22. The van der Waals surface area contributed by atoms with Crippen molar-refractivity contribution in [3.05, 3.63) is 24.7 Å². The minimum Gasteiger partial charge on any atom is -0.364 e. The van der Waals surface area contributed by atoms with Crippen LogP contribution < -0.4 is 0 Å². The summed E-state index contributed by atoms with van der Waals surface area (Å²) in [5.41, 5.74) is 0.727. The van der Waals surface area contributed by atoms with Gasteiger partial charge in [-0.3, -0.25) is 0 Å². The summed E-state index contributed by atoms with van der Waals surface area (Å²) in [7, 11) is 0. The van der Waals surface area contributed by atoms with Crippen molar-refractivity contribution in [3.63, 3.8) is 0 Å². The van der Waals surface area contributed by atoms with Gasteiger partial charge in [-0.15, -0.1) is 0 Å². The Kier molecular flexibility index (Phi) is 1.04. The molecule has 0 fully saturated rings. The van der Waals surface area contributed by atoms with Gasteiger partial charge in [-0.05, 0) is 0 Å². The van der Waals surface area contributed by atoms with Crippen molar-refractivity contribution in [1.82, 2.24) is 15.1 Å². The van der Waals surface area contributed by atoms with Crippen LogP contribution in [0.2, 0.25) is 0 Å². The molecule has 0 spiro atoms. The minimum absolute atomic E-state index is 0.727. The second-order valence-electron chi connectivity index (χ2n) is 1.82. The zero-order valence-electron chi connectivity index (χ0n) is 5.11. The molecule has 0 aliphatic rings. The van der Waals surface area contributed by atoms with Gasteiger partial charge in [-0.1, -0.05) is 5.16 Å². The van der Waals surface area contributed by atoms with Gasteiger partial charge in [-0.2, -0.15) is 0 Å². The van der Waals surface area contributed by atoms with Crippen LogP contribution in [0.3, 0.4) is 0 Å². The van der Waals surface area contributed by atoms with E-state index in [9.17, 15) is 0 Å². The molecule has 0 atom stereocenters. The summed E-state index contributed by atoms with van der Waals surface area (Å²) in [5.74, 6) is 0.730. The largest absolute Gasteiger partial charge is 0.364 e. The third-order valence-electron chi connectivity index (χ3n) is 1.18. The average Bonchev–Trinajstić information content (AvgIpc) is 2.59. The van der Waals surface area contributed by atoms with Gasteiger partial charge in [0, 0.05) is 18.5 Å².